The Balaban J connectivity index is 1.92. The van der Waals surface area contributed by atoms with Gasteiger partial charge in [-0.25, -0.2) is 0 Å². The van der Waals surface area contributed by atoms with Crippen LogP contribution in [-0.2, 0) is 0 Å². The molecule has 2 rings (SSSR count). The van der Waals surface area contributed by atoms with Crippen molar-refractivity contribution in [2.45, 2.75) is 64.5 Å². The van der Waals surface area contributed by atoms with Gasteiger partial charge >= 0.3 is 0 Å². The first-order valence-corrected chi connectivity index (χ1v) is 8.19. The van der Waals surface area contributed by atoms with Gasteiger partial charge in [-0.2, -0.15) is 0 Å². The third-order valence-corrected chi connectivity index (χ3v) is 5.00. The molecule has 0 bridgehead atoms. The summed E-state index contributed by atoms with van der Waals surface area (Å²) >= 11 is 0. The number of nitrogens with one attached hydrogen (secondary N) is 1. The Morgan fingerprint density at radius 2 is 2.00 bits per heavy atom. The number of phenols is 1. The number of hydrogen-bond acceptors (Lipinski definition) is 3. The number of rotatable bonds is 5. The quantitative estimate of drug-likeness (QED) is 0.775. The van der Waals surface area contributed by atoms with Crippen LogP contribution in [0.25, 0.3) is 0 Å². The van der Waals surface area contributed by atoms with Crippen LogP contribution in [0.2, 0.25) is 0 Å². The van der Waals surface area contributed by atoms with Gasteiger partial charge in [0.15, 0.2) is 0 Å². The van der Waals surface area contributed by atoms with Gasteiger partial charge < -0.3 is 15.5 Å². The molecule has 0 heterocycles. The SMILES string of the molecule is CCC1CCC(O)(CNC(C)c2cc(C)ccc2O)CC1. The first kappa shape index (κ1) is 16.3. The predicted octanol–water partition coefficient (Wildman–Crippen LogP) is 3.68. The van der Waals surface area contributed by atoms with Crippen molar-refractivity contribution in [3.63, 3.8) is 0 Å². The summed E-state index contributed by atoms with van der Waals surface area (Å²) < 4.78 is 0. The van der Waals surface area contributed by atoms with E-state index in [9.17, 15) is 10.2 Å². The van der Waals surface area contributed by atoms with Crippen LogP contribution in [0.1, 0.15) is 63.1 Å². The molecule has 1 unspecified atom stereocenters. The van der Waals surface area contributed by atoms with Crippen molar-refractivity contribution < 1.29 is 10.2 Å². The van der Waals surface area contributed by atoms with Crippen LogP contribution < -0.4 is 5.32 Å². The zero-order valence-electron chi connectivity index (χ0n) is 13.5. The van der Waals surface area contributed by atoms with Gasteiger partial charge in [-0.1, -0.05) is 31.0 Å². The monoisotopic (exact) mass is 291 g/mol. The molecule has 0 amide bonds. The first-order chi connectivity index (χ1) is 9.93. The molecule has 1 saturated carbocycles. The van der Waals surface area contributed by atoms with Crippen LogP contribution in [0.4, 0.5) is 0 Å². The Bertz CT molecular complexity index is 464. The Hall–Kier alpha value is -1.06. The molecule has 1 aromatic carbocycles. The first-order valence-electron chi connectivity index (χ1n) is 8.19. The highest BCUT2D eigenvalue weighted by Gasteiger charge is 2.32. The molecule has 1 fully saturated rings. The summed E-state index contributed by atoms with van der Waals surface area (Å²) in [5, 5.41) is 24.0. The van der Waals surface area contributed by atoms with E-state index in [1.165, 1.54) is 6.42 Å². The van der Waals surface area contributed by atoms with Crippen LogP contribution in [-0.4, -0.2) is 22.4 Å². The second-order valence-corrected chi connectivity index (χ2v) is 6.74. The fraction of sp³-hybridized carbons (Fsp3) is 0.667. The minimum absolute atomic E-state index is 0.0397. The molecule has 0 aromatic heterocycles. The third kappa shape index (κ3) is 4.21. The molecule has 0 radical (unpaired) electrons. The van der Waals surface area contributed by atoms with E-state index in [4.69, 9.17) is 0 Å². The van der Waals surface area contributed by atoms with Crippen LogP contribution in [0.3, 0.4) is 0 Å². The maximum atomic E-state index is 10.7. The number of benzene rings is 1. The van der Waals surface area contributed by atoms with Crippen molar-refractivity contribution in [3.05, 3.63) is 29.3 Å². The van der Waals surface area contributed by atoms with Gasteiger partial charge in [0.1, 0.15) is 5.75 Å². The Kier molecular flexibility index (Phi) is 5.28. The van der Waals surface area contributed by atoms with Crippen LogP contribution in [0.15, 0.2) is 18.2 Å². The fourth-order valence-corrected chi connectivity index (χ4v) is 3.27. The molecule has 0 aliphatic heterocycles. The van der Waals surface area contributed by atoms with Gasteiger partial charge in [0.05, 0.1) is 5.60 Å². The highest BCUT2D eigenvalue weighted by atomic mass is 16.3. The van der Waals surface area contributed by atoms with Gasteiger partial charge in [-0.3, -0.25) is 0 Å². The Labute approximate surface area is 128 Å². The fourth-order valence-electron chi connectivity index (χ4n) is 3.27. The topological polar surface area (TPSA) is 52.5 Å². The predicted molar refractivity (Wildman–Crippen MR) is 86.5 cm³/mol. The van der Waals surface area contributed by atoms with Crippen LogP contribution in [0.5, 0.6) is 5.75 Å². The summed E-state index contributed by atoms with van der Waals surface area (Å²) in [5.41, 5.74) is 1.46. The standard InChI is InChI=1S/C18H29NO2/c1-4-15-7-9-18(21,10-8-15)12-19-14(3)16-11-13(2)5-6-17(16)20/h5-6,11,14-15,19-21H,4,7-10,12H2,1-3H3. The van der Waals surface area contributed by atoms with Crippen molar-refractivity contribution >= 4 is 0 Å². The van der Waals surface area contributed by atoms with Gasteiger partial charge in [0.25, 0.3) is 0 Å². The second-order valence-electron chi connectivity index (χ2n) is 6.74. The van der Waals surface area contributed by atoms with Crippen molar-refractivity contribution in [1.82, 2.24) is 5.32 Å². The number of aromatic hydroxyl groups is 1. The smallest absolute Gasteiger partial charge is 0.120 e. The summed E-state index contributed by atoms with van der Waals surface area (Å²) in [6.45, 7) is 6.89. The highest BCUT2D eigenvalue weighted by molar-refractivity contribution is 5.37. The zero-order chi connectivity index (χ0) is 15.5. The molecule has 1 aliphatic carbocycles. The average molecular weight is 291 g/mol. The molecular weight excluding hydrogens is 262 g/mol. The zero-order valence-corrected chi connectivity index (χ0v) is 13.5. The van der Waals surface area contributed by atoms with E-state index in [2.05, 4.69) is 12.2 Å². The molecule has 1 aromatic rings. The molecule has 3 heteroatoms. The van der Waals surface area contributed by atoms with Gasteiger partial charge in [0.2, 0.25) is 0 Å². The summed E-state index contributed by atoms with van der Waals surface area (Å²) in [6.07, 6.45) is 5.23. The molecule has 1 aliphatic rings. The van der Waals surface area contributed by atoms with Gasteiger partial charge in [0, 0.05) is 18.2 Å². The van der Waals surface area contributed by atoms with E-state index in [1.54, 1.807) is 6.07 Å². The Morgan fingerprint density at radius 1 is 1.33 bits per heavy atom. The lowest BCUT2D eigenvalue weighted by atomic mass is 9.77. The number of aryl methyl sites for hydroxylation is 1. The summed E-state index contributed by atoms with van der Waals surface area (Å²) in [5.74, 6) is 1.10. The summed E-state index contributed by atoms with van der Waals surface area (Å²) in [6, 6.07) is 5.69. The molecule has 0 spiro atoms. The summed E-state index contributed by atoms with van der Waals surface area (Å²) in [7, 11) is 0. The lowest BCUT2D eigenvalue weighted by Gasteiger charge is -2.36. The van der Waals surface area contributed by atoms with E-state index in [-0.39, 0.29) is 6.04 Å². The molecule has 1 atom stereocenters. The highest BCUT2D eigenvalue weighted by Crippen LogP contribution is 2.34. The third-order valence-electron chi connectivity index (χ3n) is 5.00. The maximum Gasteiger partial charge on any atom is 0.120 e. The number of aliphatic hydroxyl groups is 1. The maximum absolute atomic E-state index is 10.7. The Morgan fingerprint density at radius 3 is 2.62 bits per heavy atom. The van der Waals surface area contributed by atoms with Crippen LogP contribution >= 0.6 is 0 Å². The minimum atomic E-state index is -0.584. The normalized spacial score (nSPS) is 27.5. The minimum Gasteiger partial charge on any atom is -0.508 e. The van der Waals surface area contributed by atoms with E-state index in [1.807, 2.05) is 26.0 Å². The van der Waals surface area contributed by atoms with Crippen molar-refractivity contribution in [3.8, 4) is 5.75 Å². The van der Waals surface area contributed by atoms with E-state index in [0.29, 0.717) is 12.3 Å². The van der Waals surface area contributed by atoms with E-state index in [0.717, 1.165) is 42.7 Å². The number of hydrogen-bond donors (Lipinski definition) is 3. The molecule has 0 saturated heterocycles. The van der Waals surface area contributed by atoms with Gasteiger partial charge in [-0.15, -0.1) is 0 Å². The largest absolute Gasteiger partial charge is 0.508 e. The van der Waals surface area contributed by atoms with Crippen molar-refractivity contribution in [2.75, 3.05) is 6.54 Å². The lowest BCUT2D eigenvalue weighted by Crippen LogP contribution is -2.44. The van der Waals surface area contributed by atoms with Crippen molar-refractivity contribution in [1.29, 1.82) is 0 Å². The average Bonchev–Trinajstić information content (AvgIpc) is 2.48. The molecule has 3 N–H and O–H groups in total. The lowest BCUT2D eigenvalue weighted by molar-refractivity contribution is -0.0104. The van der Waals surface area contributed by atoms with E-state index < -0.39 is 5.60 Å². The van der Waals surface area contributed by atoms with Crippen LogP contribution in [0, 0.1) is 12.8 Å². The number of phenolic OH excluding ortho intramolecular Hbond substituents is 1. The molecule has 118 valence electrons. The van der Waals surface area contributed by atoms with Crippen molar-refractivity contribution in [2.24, 2.45) is 5.92 Å². The molecule has 21 heavy (non-hydrogen) atoms. The van der Waals surface area contributed by atoms with Gasteiger partial charge in [-0.05, 0) is 51.5 Å². The molecular formula is C18H29NO2. The summed E-state index contributed by atoms with van der Waals surface area (Å²) in [4.78, 5) is 0. The van der Waals surface area contributed by atoms with E-state index >= 15 is 0 Å². The second kappa shape index (κ2) is 6.80. The molecule has 3 nitrogen and oxygen atoms in total.